The molecule has 0 unspecified atom stereocenters. The number of aromatic nitrogens is 3. The maximum absolute atomic E-state index is 11.5. The molecule has 0 amide bonds. The van der Waals surface area contributed by atoms with Crippen molar-refractivity contribution in [2.45, 2.75) is 26.6 Å². The lowest BCUT2D eigenvalue weighted by Gasteiger charge is -2.25. The quantitative estimate of drug-likeness (QED) is 0.419. The Labute approximate surface area is 156 Å². The molecule has 0 N–H and O–H groups in total. The first-order valence-electron chi connectivity index (χ1n) is 7.87. The Bertz CT molecular complexity index is 786. The van der Waals surface area contributed by atoms with Gasteiger partial charge in [-0.2, -0.15) is 5.10 Å². The van der Waals surface area contributed by atoms with Crippen LogP contribution >= 0.6 is 23.2 Å². The predicted octanol–water partition coefficient (Wildman–Crippen LogP) is 2.92. The molecule has 3 rings (SSSR count). The van der Waals surface area contributed by atoms with Crippen LogP contribution in [0.4, 0.5) is 0 Å². The topological polar surface area (TPSA) is 60.3 Å². The highest BCUT2D eigenvalue weighted by Crippen LogP contribution is 2.20. The number of carbonyl (C=O) groups is 1. The predicted molar refractivity (Wildman–Crippen MR) is 95.2 cm³/mol. The summed E-state index contributed by atoms with van der Waals surface area (Å²) in [6.07, 6.45) is 3.26. The minimum Gasteiger partial charge on any atom is -0.456 e. The smallest absolute Gasteiger partial charge is 0.333 e. The SMILES string of the molecule is Cc1cc(CN(Cc2ccc(Cl)nc2)C2=CC(=O)OC2)n(CCCl)n1. The van der Waals surface area contributed by atoms with Crippen LogP contribution in [0.1, 0.15) is 17.0 Å². The van der Waals surface area contributed by atoms with Crippen LogP contribution in [-0.4, -0.2) is 38.1 Å². The van der Waals surface area contributed by atoms with Crippen molar-refractivity contribution in [3.8, 4) is 0 Å². The third-order valence-electron chi connectivity index (χ3n) is 3.85. The highest BCUT2D eigenvalue weighted by molar-refractivity contribution is 6.29. The van der Waals surface area contributed by atoms with Crippen LogP contribution in [0, 0.1) is 6.92 Å². The number of hydrogen-bond acceptors (Lipinski definition) is 5. The molecule has 25 heavy (non-hydrogen) atoms. The molecule has 8 heteroatoms. The van der Waals surface area contributed by atoms with E-state index in [4.69, 9.17) is 27.9 Å². The van der Waals surface area contributed by atoms with E-state index < -0.39 is 0 Å². The third-order valence-corrected chi connectivity index (χ3v) is 4.24. The minimum absolute atomic E-state index is 0.266. The number of ether oxygens (including phenoxy) is 1. The number of alkyl halides is 1. The lowest BCUT2D eigenvalue weighted by molar-refractivity contribution is -0.135. The van der Waals surface area contributed by atoms with Gasteiger partial charge in [-0.1, -0.05) is 17.7 Å². The molecule has 0 aliphatic carbocycles. The largest absolute Gasteiger partial charge is 0.456 e. The number of nitrogens with zero attached hydrogens (tertiary/aromatic N) is 4. The van der Waals surface area contributed by atoms with Crippen LogP contribution in [0.2, 0.25) is 5.15 Å². The van der Waals surface area contributed by atoms with E-state index in [1.54, 1.807) is 12.3 Å². The van der Waals surface area contributed by atoms with Crippen molar-refractivity contribution >= 4 is 29.2 Å². The van der Waals surface area contributed by atoms with Gasteiger partial charge < -0.3 is 9.64 Å². The van der Waals surface area contributed by atoms with Crippen molar-refractivity contribution < 1.29 is 9.53 Å². The molecule has 0 bridgehead atoms. The summed E-state index contributed by atoms with van der Waals surface area (Å²) < 4.78 is 6.97. The van der Waals surface area contributed by atoms with Gasteiger partial charge in [-0.25, -0.2) is 9.78 Å². The maximum Gasteiger partial charge on any atom is 0.333 e. The molecule has 2 aromatic heterocycles. The van der Waals surface area contributed by atoms with Crippen molar-refractivity contribution in [2.75, 3.05) is 12.5 Å². The Hall–Kier alpha value is -2.05. The van der Waals surface area contributed by atoms with E-state index in [1.165, 1.54) is 6.08 Å². The number of esters is 1. The van der Waals surface area contributed by atoms with E-state index in [-0.39, 0.29) is 12.6 Å². The fraction of sp³-hybridized carbons (Fsp3) is 0.353. The normalized spacial score (nSPS) is 13.7. The van der Waals surface area contributed by atoms with E-state index in [1.807, 2.05) is 23.7 Å². The first-order chi connectivity index (χ1) is 12.0. The molecule has 0 saturated carbocycles. The van der Waals surface area contributed by atoms with Crippen LogP contribution in [0.3, 0.4) is 0 Å². The van der Waals surface area contributed by atoms with Gasteiger partial charge in [0, 0.05) is 24.7 Å². The molecular formula is C17H18Cl2N4O2. The monoisotopic (exact) mass is 380 g/mol. The summed E-state index contributed by atoms with van der Waals surface area (Å²) >= 11 is 11.7. The summed E-state index contributed by atoms with van der Waals surface area (Å²) in [5.74, 6) is 0.166. The number of cyclic esters (lactones) is 1. The van der Waals surface area contributed by atoms with Gasteiger partial charge in [-0.3, -0.25) is 4.68 Å². The molecule has 0 saturated heterocycles. The van der Waals surface area contributed by atoms with Gasteiger partial charge in [0.15, 0.2) is 0 Å². The zero-order valence-electron chi connectivity index (χ0n) is 13.8. The standard InChI is InChI=1S/C17H18Cl2N4O2/c1-12-6-14(23(21-12)5-4-18)10-22(15-7-17(24)25-11-15)9-13-2-3-16(19)20-8-13/h2-3,6-8H,4-5,9-11H2,1H3. The molecule has 0 atom stereocenters. The lowest BCUT2D eigenvalue weighted by Crippen LogP contribution is -2.25. The summed E-state index contributed by atoms with van der Waals surface area (Å²) in [5, 5.41) is 4.92. The van der Waals surface area contributed by atoms with Crippen LogP contribution in [0.15, 0.2) is 36.2 Å². The summed E-state index contributed by atoms with van der Waals surface area (Å²) in [7, 11) is 0. The van der Waals surface area contributed by atoms with Gasteiger partial charge in [0.25, 0.3) is 0 Å². The molecule has 0 fully saturated rings. The number of halogens is 2. The highest BCUT2D eigenvalue weighted by atomic mass is 35.5. The Morgan fingerprint density at radius 3 is 2.84 bits per heavy atom. The van der Waals surface area contributed by atoms with Crippen LogP contribution in [0.5, 0.6) is 0 Å². The number of aryl methyl sites for hydroxylation is 2. The van der Waals surface area contributed by atoms with Gasteiger partial charge in [0.05, 0.1) is 30.2 Å². The Morgan fingerprint density at radius 1 is 1.36 bits per heavy atom. The molecule has 0 spiro atoms. The van der Waals surface area contributed by atoms with Gasteiger partial charge in [0.2, 0.25) is 0 Å². The van der Waals surface area contributed by atoms with Gasteiger partial charge in [-0.05, 0) is 24.6 Å². The first-order valence-corrected chi connectivity index (χ1v) is 8.78. The zero-order chi connectivity index (χ0) is 17.8. The molecule has 1 aliphatic heterocycles. The van der Waals surface area contributed by atoms with Crippen molar-refractivity contribution in [1.29, 1.82) is 0 Å². The number of pyridine rings is 1. The molecule has 3 heterocycles. The molecule has 1 aliphatic rings. The van der Waals surface area contributed by atoms with Crippen LogP contribution in [-0.2, 0) is 29.2 Å². The molecule has 0 aromatic carbocycles. The van der Waals surface area contributed by atoms with Gasteiger partial charge >= 0.3 is 5.97 Å². The number of hydrogen-bond donors (Lipinski definition) is 0. The van der Waals surface area contributed by atoms with Crippen LogP contribution in [0.25, 0.3) is 0 Å². The minimum atomic E-state index is -0.320. The fourth-order valence-corrected chi connectivity index (χ4v) is 2.99. The van der Waals surface area contributed by atoms with Crippen molar-refractivity contribution in [3.63, 3.8) is 0 Å². The average Bonchev–Trinajstić information content (AvgIpc) is 3.15. The highest BCUT2D eigenvalue weighted by Gasteiger charge is 2.21. The summed E-state index contributed by atoms with van der Waals surface area (Å²) in [4.78, 5) is 17.7. The van der Waals surface area contributed by atoms with Crippen molar-refractivity contribution in [1.82, 2.24) is 19.7 Å². The molecule has 132 valence electrons. The second-order valence-corrected chi connectivity index (χ2v) is 6.54. The van der Waals surface area contributed by atoms with Crippen LogP contribution < -0.4 is 0 Å². The summed E-state index contributed by atoms with van der Waals surface area (Å²) in [5.41, 5.74) is 3.78. The lowest BCUT2D eigenvalue weighted by atomic mass is 10.2. The Morgan fingerprint density at radius 2 is 2.20 bits per heavy atom. The Balaban J connectivity index is 1.85. The first kappa shape index (κ1) is 17.8. The number of rotatable bonds is 7. The van der Waals surface area contributed by atoms with E-state index in [0.717, 1.165) is 22.6 Å². The van der Waals surface area contributed by atoms with Crippen molar-refractivity contribution in [3.05, 3.63) is 58.3 Å². The second kappa shape index (κ2) is 7.89. The number of carbonyl (C=O) groups excluding carboxylic acids is 1. The summed E-state index contributed by atoms with van der Waals surface area (Å²) in [6, 6.07) is 5.70. The average molecular weight is 381 g/mol. The van der Waals surface area contributed by atoms with Gasteiger partial charge in [0.1, 0.15) is 11.8 Å². The molecule has 0 radical (unpaired) electrons. The Kier molecular flexibility index (Phi) is 5.60. The van der Waals surface area contributed by atoms with Crippen molar-refractivity contribution in [2.24, 2.45) is 0 Å². The van der Waals surface area contributed by atoms with E-state index >= 15 is 0 Å². The fourth-order valence-electron chi connectivity index (χ4n) is 2.72. The maximum atomic E-state index is 11.5. The summed E-state index contributed by atoms with van der Waals surface area (Å²) in [6.45, 7) is 4.02. The van der Waals surface area contributed by atoms with Gasteiger partial charge in [-0.15, -0.1) is 11.6 Å². The molecule has 6 nitrogen and oxygen atoms in total. The van der Waals surface area contributed by atoms with E-state index in [2.05, 4.69) is 15.0 Å². The van der Waals surface area contributed by atoms with E-state index in [0.29, 0.717) is 30.7 Å². The molecule has 2 aromatic rings. The van der Waals surface area contributed by atoms with E-state index in [9.17, 15) is 4.79 Å². The molecular weight excluding hydrogens is 363 g/mol. The third kappa shape index (κ3) is 4.52. The zero-order valence-corrected chi connectivity index (χ0v) is 15.3. The second-order valence-electron chi connectivity index (χ2n) is 5.78.